The first kappa shape index (κ1) is 18.0. The minimum atomic E-state index is -0.212. The zero-order valence-corrected chi connectivity index (χ0v) is 16.2. The number of anilines is 1. The molecule has 0 N–H and O–H groups in total. The summed E-state index contributed by atoms with van der Waals surface area (Å²) in [6, 6.07) is 7.09. The van der Waals surface area contributed by atoms with E-state index in [9.17, 15) is 4.79 Å². The zero-order chi connectivity index (χ0) is 19.8. The number of pyridine rings is 2. The van der Waals surface area contributed by atoms with Gasteiger partial charge in [0.1, 0.15) is 0 Å². The van der Waals surface area contributed by atoms with Crippen LogP contribution in [0.2, 0.25) is 0 Å². The maximum Gasteiger partial charge on any atom is 0.262 e. The quantitative estimate of drug-likeness (QED) is 0.677. The first-order valence-corrected chi connectivity index (χ1v) is 9.03. The number of rotatable bonds is 5. The number of hydrogen-bond acceptors (Lipinski definition) is 6. The summed E-state index contributed by atoms with van der Waals surface area (Å²) >= 11 is 0. The molecule has 0 bridgehead atoms. The molecule has 4 rings (SSSR count). The number of aryl methyl sites for hydroxylation is 1. The van der Waals surface area contributed by atoms with Crippen molar-refractivity contribution < 1.29 is 14.3 Å². The van der Waals surface area contributed by atoms with E-state index >= 15 is 0 Å². The lowest BCUT2D eigenvalue weighted by atomic mass is 10.1. The maximum atomic E-state index is 12.9. The van der Waals surface area contributed by atoms with Gasteiger partial charge < -0.3 is 9.47 Å². The van der Waals surface area contributed by atoms with Gasteiger partial charge in [0, 0.05) is 30.6 Å². The lowest BCUT2D eigenvalue weighted by molar-refractivity contribution is 0.0991. The molecule has 0 unspecified atom stereocenters. The summed E-state index contributed by atoms with van der Waals surface area (Å²) in [5, 5.41) is 4.47. The molecule has 1 aliphatic rings. The molecule has 1 atom stereocenters. The molecule has 0 aromatic carbocycles. The number of aromatic nitrogens is 4. The van der Waals surface area contributed by atoms with Gasteiger partial charge in [-0.25, -0.2) is 9.97 Å². The Kier molecular flexibility index (Phi) is 4.46. The lowest BCUT2D eigenvalue weighted by Gasteiger charge is -2.18. The Morgan fingerprint density at radius 1 is 1.18 bits per heavy atom. The molecule has 1 aliphatic heterocycles. The second kappa shape index (κ2) is 6.95. The third-order valence-electron chi connectivity index (χ3n) is 4.88. The molecule has 3 aromatic heterocycles. The number of fused-ring (bicyclic) bond motifs is 1. The largest absolute Gasteiger partial charge is 0.491 e. The molecule has 3 aromatic rings. The van der Waals surface area contributed by atoms with Crippen LogP contribution >= 0.6 is 0 Å². The fourth-order valence-corrected chi connectivity index (χ4v) is 3.39. The molecular weight excluding hydrogens is 358 g/mol. The van der Waals surface area contributed by atoms with E-state index in [2.05, 4.69) is 10.1 Å². The van der Waals surface area contributed by atoms with Gasteiger partial charge in [-0.1, -0.05) is 0 Å². The second-order valence-corrected chi connectivity index (χ2v) is 6.45. The Morgan fingerprint density at radius 2 is 2.00 bits per heavy atom. The summed E-state index contributed by atoms with van der Waals surface area (Å²) in [4.78, 5) is 23.6. The average molecular weight is 379 g/mol. The summed E-state index contributed by atoms with van der Waals surface area (Å²) in [7, 11) is 3.10. The highest BCUT2D eigenvalue weighted by atomic mass is 16.5. The highest BCUT2D eigenvalue weighted by Crippen LogP contribution is 2.37. The van der Waals surface area contributed by atoms with Crippen molar-refractivity contribution in [3.05, 3.63) is 47.9 Å². The van der Waals surface area contributed by atoms with Gasteiger partial charge in [0.25, 0.3) is 11.8 Å². The van der Waals surface area contributed by atoms with Crippen LogP contribution in [0.4, 0.5) is 5.82 Å². The molecule has 0 radical (unpaired) electrons. The predicted octanol–water partition coefficient (Wildman–Crippen LogP) is 3.10. The Morgan fingerprint density at radius 3 is 2.68 bits per heavy atom. The Labute approximate surface area is 162 Å². The van der Waals surface area contributed by atoms with Crippen LogP contribution in [0, 0.1) is 0 Å². The van der Waals surface area contributed by atoms with Crippen LogP contribution in [-0.2, 0) is 6.54 Å². The number of methoxy groups -OCH3 is 2. The van der Waals surface area contributed by atoms with E-state index < -0.39 is 0 Å². The van der Waals surface area contributed by atoms with Crippen LogP contribution in [0.15, 0.2) is 36.7 Å². The van der Waals surface area contributed by atoms with E-state index in [1.54, 1.807) is 30.0 Å². The number of ether oxygens (including phenoxy) is 2. The summed E-state index contributed by atoms with van der Waals surface area (Å²) < 4.78 is 12.3. The van der Waals surface area contributed by atoms with Crippen LogP contribution in [0.5, 0.6) is 11.6 Å². The van der Waals surface area contributed by atoms with Gasteiger partial charge in [0.15, 0.2) is 11.6 Å². The molecule has 144 valence electrons. The standard InChI is InChI=1S/C20H21N5O3/c1-5-24-9-8-17(23-24)25-12(2)18-14(20(25)26)6-7-15(22-18)13-10-16(27-3)19(28-4)21-11-13/h6-12H,5H2,1-4H3/t12-/m1/s1. The highest BCUT2D eigenvalue weighted by Gasteiger charge is 2.37. The first-order chi connectivity index (χ1) is 13.6. The van der Waals surface area contributed by atoms with Gasteiger partial charge >= 0.3 is 0 Å². The van der Waals surface area contributed by atoms with Crippen molar-refractivity contribution in [3.8, 4) is 22.9 Å². The normalized spacial score (nSPS) is 15.6. The number of amides is 1. The summed E-state index contributed by atoms with van der Waals surface area (Å²) in [6.45, 7) is 4.71. The minimum absolute atomic E-state index is 0.0895. The zero-order valence-electron chi connectivity index (χ0n) is 16.2. The van der Waals surface area contributed by atoms with Crippen molar-refractivity contribution in [2.45, 2.75) is 26.4 Å². The Bertz CT molecular complexity index is 1050. The Balaban J connectivity index is 1.72. The molecule has 0 saturated carbocycles. The van der Waals surface area contributed by atoms with Crippen molar-refractivity contribution in [2.24, 2.45) is 0 Å². The van der Waals surface area contributed by atoms with Crippen LogP contribution in [0.1, 0.15) is 35.9 Å². The van der Waals surface area contributed by atoms with Gasteiger partial charge in [0.05, 0.1) is 37.2 Å². The third kappa shape index (κ3) is 2.77. The molecule has 0 spiro atoms. The summed E-state index contributed by atoms with van der Waals surface area (Å²) in [5.41, 5.74) is 2.82. The topological polar surface area (TPSA) is 82.4 Å². The van der Waals surface area contributed by atoms with E-state index in [1.165, 1.54) is 0 Å². The Hall–Kier alpha value is -3.42. The SMILES string of the molecule is CCn1ccc(N2C(=O)c3ccc(-c4cnc(OC)c(OC)c4)nc3[C@H]2C)n1. The number of carbonyl (C=O) groups excluding carboxylic acids is 1. The van der Waals surface area contributed by atoms with Crippen molar-refractivity contribution in [1.82, 2.24) is 19.7 Å². The van der Waals surface area contributed by atoms with Gasteiger partial charge in [-0.05, 0) is 32.0 Å². The second-order valence-electron chi connectivity index (χ2n) is 6.45. The van der Waals surface area contributed by atoms with Crippen molar-refractivity contribution in [2.75, 3.05) is 19.1 Å². The number of nitrogens with zero attached hydrogens (tertiary/aromatic N) is 5. The maximum absolute atomic E-state index is 12.9. The van der Waals surface area contributed by atoms with E-state index in [1.807, 2.05) is 44.3 Å². The predicted molar refractivity (Wildman–Crippen MR) is 104 cm³/mol. The van der Waals surface area contributed by atoms with Crippen LogP contribution < -0.4 is 14.4 Å². The molecule has 1 amide bonds. The molecule has 0 aliphatic carbocycles. The van der Waals surface area contributed by atoms with E-state index in [-0.39, 0.29) is 11.9 Å². The number of carbonyl (C=O) groups is 1. The van der Waals surface area contributed by atoms with Crippen molar-refractivity contribution >= 4 is 11.7 Å². The third-order valence-corrected chi connectivity index (χ3v) is 4.88. The summed E-state index contributed by atoms with van der Waals surface area (Å²) in [5.74, 6) is 1.48. The average Bonchev–Trinajstić information content (AvgIpc) is 3.30. The van der Waals surface area contributed by atoms with Crippen molar-refractivity contribution in [1.29, 1.82) is 0 Å². The molecule has 0 fully saturated rings. The summed E-state index contributed by atoms with van der Waals surface area (Å²) in [6.07, 6.45) is 3.55. The smallest absolute Gasteiger partial charge is 0.262 e. The molecule has 4 heterocycles. The molecular formula is C20H21N5O3. The fourth-order valence-electron chi connectivity index (χ4n) is 3.39. The monoisotopic (exact) mass is 379 g/mol. The lowest BCUT2D eigenvalue weighted by Crippen LogP contribution is -2.26. The number of hydrogen-bond donors (Lipinski definition) is 0. The highest BCUT2D eigenvalue weighted by molar-refractivity contribution is 6.10. The first-order valence-electron chi connectivity index (χ1n) is 9.03. The van der Waals surface area contributed by atoms with E-state index in [4.69, 9.17) is 14.5 Å². The fraction of sp³-hybridized carbons (Fsp3) is 0.300. The van der Waals surface area contributed by atoms with Gasteiger partial charge in [-0.2, -0.15) is 5.10 Å². The van der Waals surface area contributed by atoms with Gasteiger partial charge in [0.2, 0.25) is 0 Å². The molecule has 8 nitrogen and oxygen atoms in total. The van der Waals surface area contributed by atoms with Crippen LogP contribution in [0.3, 0.4) is 0 Å². The van der Waals surface area contributed by atoms with Crippen LogP contribution in [0.25, 0.3) is 11.3 Å². The minimum Gasteiger partial charge on any atom is -0.491 e. The van der Waals surface area contributed by atoms with E-state index in [0.29, 0.717) is 28.7 Å². The molecule has 8 heteroatoms. The molecule has 0 saturated heterocycles. The van der Waals surface area contributed by atoms with Gasteiger partial charge in [-0.3, -0.25) is 14.4 Å². The van der Waals surface area contributed by atoms with E-state index in [0.717, 1.165) is 17.8 Å². The van der Waals surface area contributed by atoms with Gasteiger partial charge in [-0.15, -0.1) is 0 Å². The molecule has 28 heavy (non-hydrogen) atoms. The van der Waals surface area contributed by atoms with Crippen molar-refractivity contribution in [3.63, 3.8) is 0 Å². The van der Waals surface area contributed by atoms with Crippen LogP contribution in [-0.4, -0.2) is 39.9 Å².